The molecule has 4 amide bonds. The number of ketones is 1. The molecule has 17 N–H and O–H groups in total. The lowest BCUT2D eigenvalue weighted by atomic mass is 9.94. The molecule has 8 heterocycles. The lowest BCUT2D eigenvalue weighted by molar-refractivity contribution is -0.143. The summed E-state index contributed by atoms with van der Waals surface area (Å²) in [5.41, 5.74) is 16.8. The van der Waals surface area contributed by atoms with E-state index in [1.54, 1.807) is 114 Å². The standard InChI is InChI=1S/C24H31N3O4.C19H23N3O2.C13H12N2O2.C13H14N2O.C13H11NO2.C11H19NO4.C2H4O2.CH2Cl2.CH4O.3CH4.ClH.H3NO/c1-24(2,3)31-23(30)27-13-10-18(11-14-27)22(29)26-21(20-9-4-5-12-25-20)19-8-6-7-17(15-19)16-28;23-13-14-4-3-5-16(12-14)18(17-6-1-2-9-21-17)22-19(24)15-7-10-20-11-8-15;16-9-10-4-3-5-11(8-10)13(15-17)12-6-1-2-7-14-12;14-13(12-6-1-2-7-15-12)11-5-3-4-10(8-11)9-16;15-9-10-4-3-5-11(8-10)13(16)12-6-1-2-7-14-12;1-11(2,3)16-10(15)12-6-4-8(5-7-12)9(13)14;1-2(3)4;2-1-3;1-2;;;;;1-2/h4-9,12,15,18,21,28H,10-11,13-14,16H2,1-3H3,(H,26,29);1-6,9,12,15,18,20,23H,7-8,10-11,13H2,(H,22,24);1-8,16-17H,9H2;1-8,13,16H,9,14H2;1-8,15H,9H2;8H,4-7H2,1-3H3,(H,13,14);1H3,(H,3,4);1H2;2H,1H3;3*1H4;1H;2H,1H2/b;;15-13-;;;;;;;;;;;. The number of hydrogen-bond acceptors (Lipinski definition) is 26. The highest BCUT2D eigenvalue weighted by Crippen LogP contribution is 2.29. The molecule has 135 heavy (non-hydrogen) atoms. The molecule has 35 heteroatoms. The number of nitrogens with one attached hydrogen (secondary N) is 3. The molecule has 3 aliphatic rings. The van der Waals surface area contributed by atoms with E-state index in [0.717, 1.165) is 107 Å². The number of benzene rings is 5. The van der Waals surface area contributed by atoms with Crippen LogP contribution in [0, 0.1) is 17.8 Å². The number of carbonyl (C=O) groups excluding carboxylic acids is 5. The zero-order valence-electron chi connectivity index (χ0n) is 75.3. The summed E-state index contributed by atoms with van der Waals surface area (Å²) >= 11 is 9.53. The van der Waals surface area contributed by atoms with E-state index in [9.17, 15) is 39.0 Å². The Bertz CT molecular complexity index is 5020. The third-order valence-electron chi connectivity index (χ3n) is 19.4. The topological polar surface area (TPSA) is 512 Å². The molecule has 3 saturated heterocycles. The first kappa shape index (κ1) is 123. The van der Waals surface area contributed by atoms with Crippen molar-refractivity contribution in [1.82, 2.24) is 50.7 Å². The number of carboxylic acid groups (broad SMARTS) is 2. The predicted molar refractivity (Wildman–Crippen MR) is 526 cm³/mol. The summed E-state index contributed by atoms with van der Waals surface area (Å²) in [5.74, 6) is 1.30. The van der Waals surface area contributed by atoms with Crippen molar-refractivity contribution >= 4 is 83.0 Å². The number of carboxylic acids is 2. The highest BCUT2D eigenvalue weighted by atomic mass is 35.5. The van der Waals surface area contributed by atoms with E-state index in [-0.39, 0.29) is 133 Å². The van der Waals surface area contributed by atoms with E-state index in [0.29, 0.717) is 74.5 Å². The molecular weight excluding hydrogens is 1790 g/mol. The molecule has 5 aromatic carbocycles. The Hall–Kier alpha value is -12.1. The average Bonchev–Trinajstić information content (AvgIpc) is 0.820. The van der Waals surface area contributed by atoms with Gasteiger partial charge in [-0.3, -0.25) is 48.9 Å². The molecule has 13 rings (SSSR count). The molecule has 0 saturated carbocycles. The second kappa shape index (κ2) is 68.0. The number of amides is 4. The molecule has 3 fully saturated rings. The van der Waals surface area contributed by atoms with Gasteiger partial charge in [0.1, 0.15) is 22.6 Å². The van der Waals surface area contributed by atoms with Gasteiger partial charge in [-0.1, -0.05) is 167 Å². The van der Waals surface area contributed by atoms with Gasteiger partial charge in [-0.15, -0.1) is 35.6 Å². The Morgan fingerprint density at radius 2 is 0.763 bits per heavy atom. The number of nitrogens with zero attached hydrogens (tertiary/aromatic N) is 8. The van der Waals surface area contributed by atoms with Crippen LogP contribution < -0.4 is 27.6 Å². The van der Waals surface area contributed by atoms with Crippen LogP contribution in [-0.2, 0) is 61.7 Å². The largest absolute Gasteiger partial charge is 0.481 e. The molecule has 3 atom stereocenters. The fourth-order valence-corrected chi connectivity index (χ4v) is 13.0. The number of piperidine rings is 3. The van der Waals surface area contributed by atoms with Gasteiger partial charge in [-0.2, -0.15) is 0 Å². The number of alkyl halides is 2. The van der Waals surface area contributed by atoms with E-state index < -0.39 is 29.2 Å². The van der Waals surface area contributed by atoms with Gasteiger partial charge in [0.05, 0.1) is 85.2 Å². The fourth-order valence-electron chi connectivity index (χ4n) is 13.0. The van der Waals surface area contributed by atoms with Gasteiger partial charge >= 0.3 is 18.2 Å². The average molecular weight is 1930 g/mol. The SMILES string of the molecule is C.C.C.CC(=O)O.CC(C)(C)OC(=O)N1CCC(C(=O)NC(c2cccc(CO)c2)c2ccccn2)CC1.CC(C)(C)OC(=O)N1CCC(C(=O)O)CC1.CO.Cl.ClCCl.NC(c1cccc(CO)c1)c1ccccn1.NO.O=C(NC(c1cccc(CO)c1)c1ccccn1)C1CCNCC1.O=C(c1cccc(CO)c1)c1ccccn1.OCc1cccc(/C(=N/O)c2ccccn2)c1. The van der Waals surface area contributed by atoms with E-state index in [1.165, 1.54) is 0 Å². The Morgan fingerprint density at radius 1 is 0.452 bits per heavy atom. The minimum Gasteiger partial charge on any atom is -0.481 e. The van der Waals surface area contributed by atoms with Crippen LogP contribution in [0.5, 0.6) is 0 Å². The minimum absolute atomic E-state index is 0. The van der Waals surface area contributed by atoms with Crippen molar-refractivity contribution in [3.63, 3.8) is 0 Å². The summed E-state index contributed by atoms with van der Waals surface area (Å²) in [6.07, 6.45) is 11.6. The van der Waals surface area contributed by atoms with Crippen LogP contribution in [0.2, 0.25) is 0 Å². The summed E-state index contributed by atoms with van der Waals surface area (Å²) < 4.78 is 10.6. The molecule has 10 aromatic rings. The molecular formula is C100H136Cl3N13O19. The zero-order valence-corrected chi connectivity index (χ0v) is 77.7. The lowest BCUT2D eigenvalue weighted by Crippen LogP contribution is -2.45. The van der Waals surface area contributed by atoms with Gasteiger partial charge < -0.3 is 92.2 Å². The maximum absolute atomic E-state index is 13.1. The number of aliphatic hydroxyl groups is 6. The Morgan fingerprint density at radius 3 is 1.10 bits per heavy atom. The number of aliphatic hydroxyl groups excluding tert-OH is 6. The first-order chi connectivity index (χ1) is 62.9. The van der Waals surface area contributed by atoms with Crippen LogP contribution in [0.15, 0.2) is 248 Å². The van der Waals surface area contributed by atoms with E-state index >= 15 is 0 Å². The number of hydrogen-bond donors (Lipinski definition) is 15. The van der Waals surface area contributed by atoms with Crippen LogP contribution >= 0.6 is 35.6 Å². The zero-order chi connectivity index (χ0) is 96.7. The van der Waals surface area contributed by atoms with Crippen LogP contribution in [0.4, 0.5) is 9.59 Å². The number of carbonyl (C=O) groups is 7. The Kier molecular flexibility index (Phi) is 61.9. The second-order valence-electron chi connectivity index (χ2n) is 31.2. The van der Waals surface area contributed by atoms with Crippen molar-refractivity contribution in [2.45, 2.75) is 172 Å². The van der Waals surface area contributed by atoms with Crippen molar-refractivity contribution < 1.29 is 94.3 Å². The number of rotatable bonds is 20. The molecule has 0 spiro atoms. The minimum atomic E-state index is -0.833. The van der Waals surface area contributed by atoms with Crippen molar-refractivity contribution in [3.8, 4) is 0 Å². The third-order valence-corrected chi connectivity index (χ3v) is 19.4. The van der Waals surface area contributed by atoms with Gasteiger partial charge in [-0.05, 0) is 210 Å². The smallest absolute Gasteiger partial charge is 0.410 e. The molecule has 3 unspecified atom stereocenters. The summed E-state index contributed by atoms with van der Waals surface area (Å²) in [5, 5.41) is 97.9. The Labute approximate surface area is 808 Å². The highest BCUT2D eigenvalue weighted by molar-refractivity contribution is 6.40. The molecule has 3 aliphatic heterocycles. The molecule has 0 aliphatic carbocycles. The molecule has 0 bridgehead atoms. The quantitative estimate of drug-likeness (QED) is 0.0111. The highest BCUT2D eigenvalue weighted by Gasteiger charge is 2.34. The number of likely N-dealkylation sites (tertiary alicyclic amines) is 2. The first-order valence-electron chi connectivity index (χ1n) is 42.0. The van der Waals surface area contributed by atoms with Crippen LogP contribution in [0.3, 0.4) is 0 Å². The summed E-state index contributed by atoms with van der Waals surface area (Å²) in [6.45, 7) is 15.5. The summed E-state index contributed by atoms with van der Waals surface area (Å²) in [6, 6.07) is 63.5. The first-order valence-corrected chi connectivity index (χ1v) is 43.1. The van der Waals surface area contributed by atoms with E-state index in [4.69, 9.17) is 84.3 Å². The van der Waals surface area contributed by atoms with Gasteiger partial charge in [0, 0.05) is 94.2 Å². The van der Waals surface area contributed by atoms with Crippen LogP contribution in [0.1, 0.15) is 216 Å². The van der Waals surface area contributed by atoms with Crippen LogP contribution in [-0.4, -0.2) is 196 Å². The normalized spacial score (nSPS) is 13.3. The number of pyridine rings is 5. The van der Waals surface area contributed by atoms with Gasteiger partial charge in [0.2, 0.25) is 17.6 Å². The van der Waals surface area contributed by atoms with Crippen molar-refractivity contribution in [3.05, 3.63) is 327 Å². The monoisotopic (exact) mass is 1930 g/mol. The van der Waals surface area contributed by atoms with Crippen molar-refractivity contribution in [2.75, 3.05) is 51.7 Å². The number of aromatic nitrogens is 5. The number of halogens is 3. The van der Waals surface area contributed by atoms with Gasteiger partial charge in [0.15, 0.2) is 0 Å². The number of nitrogens with two attached hydrogens (primary N) is 2. The lowest BCUT2D eigenvalue weighted by Gasteiger charge is -2.33. The Balaban J connectivity index is 0.00000158. The van der Waals surface area contributed by atoms with Crippen molar-refractivity contribution in [1.29, 1.82) is 0 Å². The summed E-state index contributed by atoms with van der Waals surface area (Å²) in [4.78, 5) is 106. The maximum atomic E-state index is 13.1. The second-order valence-corrected chi connectivity index (χ2v) is 32.0. The van der Waals surface area contributed by atoms with E-state index in [2.05, 4.69) is 51.9 Å². The van der Waals surface area contributed by atoms with Crippen LogP contribution in [0.25, 0.3) is 0 Å². The molecule has 5 aromatic heterocycles. The number of oxime groups is 1. The number of ether oxygens (including phenoxy) is 2. The van der Waals surface area contributed by atoms with Gasteiger partial charge in [0.25, 0.3) is 5.97 Å². The summed E-state index contributed by atoms with van der Waals surface area (Å²) in [7, 11) is 1.00. The fraction of sp³-hybridized carbons (Fsp3) is 0.370. The van der Waals surface area contributed by atoms with E-state index in [1.807, 2.05) is 181 Å². The predicted octanol–water partition coefficient (Wildman–Crippen LogP) is 14.9. The number of aliphatic carboxylic acids is 2. The maximum Gasteiger partial charge on any atom is 0.410 e. The molecule has 736 valence electrons. The van der Waals surface area contributed by atoms with Gasteiger partial charge in [-0.25, -0.2) is 15.5 Å². The third kappa shape index (κ3) is 45.7. The molecule has 32 nitrogen and oxygen atoms in total. The van der Waals surface area contributed by atoms with Crippen molar-refractivity contribution in [2.24, 2.45) is 34.5 Å². The molecule has 0 radical (unpaired) electrons.